The van der Waals surface area contributed by atoms with Crippen LogP contribution in [0.15, 0.2) is 60.8 Å². The summed E-state index contributed by atoms with van der Waals surface area (Å²) < 4.78 is 0. The molecule has 2 aromatic heterocycles. The van der Waals surface area contributed by atoms with Gasteiger partial charge in [0, 0.05) is 66.2 Å². The lowest BCUT2D eigenvalue weighted by Crippen LogP contribution is -2.45. The predicted octanol–water partition coefficient (Wildman–Crippen LogP) is 4.75. The Bertz CT molecular complexity index is 1340. The second kappa shape index (κ2) is 7.93. The summed E-state index contributed by atoms with van der Waals surface area (Å²) in [4.78, 5) is 9.74. The van der Waals surface area contributed by atoms with Gasteiger partial charge in [0.2, 0.25) is 0 Å². The summed E-state index contributed by atoms with van der Waals surface area (Å²) in [5, 5.41) is 12.8. The third-order valence-corrected chi connectivity index (χ3v) is 7.88. The normalized spacial score (nSPS) is 23.2. The molecule has 4 heterocycles. The molecule has 34 heavy (non-hydrogen) atoms. The van der Waals surface area contributed by atoms with Crippen LogP contribution in [0, 0.1) is 6.92 Å². The number of anilines is 1. The molecule has 2 atom stereocenters. The molecule has 0 unspecified atom stereocenters. The van der Waals surface area contributed by atoms with Gasteiger partial charge < -0.3 is 5.32 Å². The van der Waals surface area contributed by atoms with Crippen molar-refractivity contribution >= 4 is 16.6 Å². The second-order valence-electron chi connectivity index (χ2n) is 10.2. The fraction of sp³-hybridized carbons (Fsp3) is 0.357. The number of H-pyrrole nitrogens is 1. The van der Waals surface area contributed by atoms with E-state index in [0.717, 1.165) is 48.3 Å². The van der Waals surface area contributed by atoms with Crippen molar-refractivity contribution in [3.63, 3.8) is 0 Å². The second-order valence-corrected chi connectivity index (χ2v) is 10.2. The zero-order chi connectivity index (χ0) is 22.6. The van der Waals surface area contributed by atoms with Gasteiger partial charge in [-0.2, -0.15) is 5.10 Å². The minimum atomic E-state index is 0.519. The fourth-order valence-electron chi connectivity index (χ4n) is 5.97. The van der Waals surface area contributed by atoms with E-state index < -0.39 is 0 Å². The van der Waals surface area contributed by atoms with Gasteiger partial charge in [0.15, 0.2) is 0 Å². The SMILES string of the molecule is Cc1cc(-c2n[nH]c3cc4c(cc23)CN([C@@H]2CN(C3CC3)C[C@H]2c2ccccc2)CN4)ccn1. The number of aryl methyl sites for hydroxylation is 1. The van der Waals surface area contributed by atoms with Gasteiger partial charge in [-0.3, -0.25) is 19.9 Å². The molecule has 0 radical (unpaired) electrons. The zero-order valence-corrected chi connectivity index (χ0v) is 19.5. The number of hydrogen-bond acceptors (Lipinski definition) is 5. The smallest absolute Gasteiger partial charge is 0.100 e. The monoisotopic (exact) mass is 450 g/mol. The van der Waals surface area contributed by atoms with Crippen LogP contribution in [0.5, 0.6) is 0 Å². The maximum atomic E-state index is 4.66. The molecule has 3 aliphatic rings. The molecular weight excluding hydrogens is 420 g/mol. The summed E-state index contributed by atoms with van der Waals surface area (Å²) in [6.07, 6.45) is 4.60. The number of fused-ring (bicyclic) bond motifs is 2. The fourth-order valence-corrected chi connectivity index (χ4v) is 5.97. The van der Waals surface area contributed by atoms with E-state index in [1.54, 1.807) is 0 Å². The molecule has 6 nitrogen and oxygen atoms in total. The quantitative estimate of drug-likeness (QED) is 0.470. The van der Waals surface area contributed by atoms with E-state index >= 15 is 0 Å². The molecule has 2 aliphatic heterocycles. The Morgan fingerprint density at radius 1 is 0.971 bits per heavy atom. The first-order valence-corrected chi connectivity index (χ1v) is 12.4. The van der Waals surface area contributed by atoms with E-state index in [1.165, 1.54) is 41.6 Å². The number of nitrogens with one attached hydrogen (secondary N) is 2. The van der Waals surface area contributed by atoms with Crippen molar-refractivity contribution in [3.05, 3.63) is 77.6 Å². The largest absolute Gasteiger partial charge is 0.372 e. The molecule has 1 saturated heterocycles. The van der Waals surface area contributed by atoms with Crippen LogP contribution < -0.4 is 5.32 Å². The van der Waals surface area contributed by atoms with E-state index in [9.17, 15) is 0 Å². The topological polar surface area (TPSA) is 60.1 Å². The van der Waals surface area contributed by atoms with Gasteiger partial charge in [-0.25, -0.2) is 0 Å². The van der Waals surface area contributed by atoms with Crippen LogP contribution in [0.4, 0.5) is 5.69 Å². The van der Waals surface area contributed by atoms with Gasteiger partial charge in [0.05, 0.1) is 12.2 Å². The van der Waals surface area contributed by atoms with Crippen LogP contribution in [0.2, 0.25) is 0 Å². The van der Waals surface area contributed by atoms with Crippen molar-refractivity contribution < 1.29 is 0 Å². The minimum Gasteiger partial charge on any atom is -0.372 e. The molecule has 1 saturated carbocycles. The highest BCUT2D eigenvalue weighted by molar-refractivity contribution is 5.95. The Morgan fingerprint density at radius 3 is 2.68 bits per heavy atom. The molecule has 0 spiro atoms. The molecular formula is C28H30N6. The lowest BCUT2D eigenvalue weighted by atomic mass is 9.92. The molecule has 2 N–H and O–H groups in total. The number of aromatic amines is 1. The number of hydrogen-bond donors (Lipinski definition) is 2. The average molecular weight is 451 g/mol. The molecule has 0 bridgehead atoms. The Kier molecular flexibility index (Phi) is 4.71. The number of rotatable bonds is 4. The Labute approximate surface area is 200 Å². The highest BCUT2D eigenvalue weighted by Crippen LogP contribution is 2.40. The third kappa shape index (κ3) is 3.49. The molecule has 2 aromatic carbocycles. The third-order valence-electron chi connectivity index (χ3n) is 7.88. The highest BCUT2D eigenvalue weighted by atomic mass is 15.3. The molecule has 7 rings (SSSR count). The molecule has 172 valence electrons. The van der Waals surface area contributed by atoms with Gasteiger partial charge in [-0.05, 0) is 55.2 Å². The first-order chi connectivity index (χ1) is 16.7. The van der Waals surface area contributed by atoms with Crippen LogP contribution in [-0.4, -0.2) is 56.8 Å². The van der Waals surface area contributed by atoms with Crippen LogP contribution >= 0.6 is 0 Å². The minimum absolute atomic E-state index is 0.519. The van der Waals surface area contributed by atoms with Crippen LogP contribution in [0.3, 0.4) is 0 Å². The summed E-state index contributed by atoms with van der Waals surface area (Å²) in [6, 6.07) is 21.2. The number of nitrogens with zero attached hydrogens (tertiary/aromatic N) is 4. The maximum Gasteiger partial charge on any atom is 0.100 e. The first-order valence-electron chi connectivity index (χ1n) is 12.4. The van der Waals surface area contributed by atoms with Gasteiger partial charge in [0.25, 0.3) is 0 Å². The van der Waals surface area contributed by atoms with Crippen LogP contribution in [0.25, 0.3) is 22.2 Å². The Balaban J connectivity index is 1.22. The average Bonchev–Trinajstić information content (AvgIpc) is 3.49. The number of benzene rings is 2. The Hall–Kier alpha value is -3.22. The van der Waals surface area contributed by atoms with Crippen LogP contribution in [-0.2, 0) is 6.54 Å². The van der Waals surface area contributed by atoms with E-state index in [0.29, 0.717) is 12.0 Å². The van der Waals surface area contributed by atoms with Crippen molar-refractivity contribution in [2.24, 2.45) is 0 Å². The molecule has 0 amide bonds. The van der Waals surface area contributed by atoms with E-state index in [-0.39, 0.29) is 0 Å². The number of pyridine rings is 1. The molecule has 1 aliphatic carbocycles. The number of aromatic nitrogens is 3. The first kappa shape index (κ1) is 20.2. The van der Waals surface area contributed by atoms with E-state index in [2.05, 4.69) is 78.8 Å². The summed E-state index contributed by atoms with van der Waals surface area (Å²) in [5.41, 5.74) is 8.24. The summed E-state index contributed by atoms with van der Waals surface area (Å²) in [7, 11) is 0. The van der Waals surface area contributed by atoms with Crippen molar-refractivity contribution in [2.45, 2.75) is 44.3 Å². The predicted molar refractivity (Wildman–Crippen MR) is 136 cm³/mol. The lowest BCUT2D eigenvalue weighted by molar-refractivity contribution is 0.180. The highest BCUT2D eigenvalue weighted by Gasteiger charge is 2.43. The van der Waals surface area contributed by atoms with Crippen LogP contribution in [0.1, 0.15) is 35.6 Å². The molecule has 6 heteroatoms. The van der Waals surface area contributed by atoms with Gasteiger partial charge in [-0.1, -0.05) is 30.3 Å². The zero-order valence-electron chi connectivity index (χ0n) is 19.5. The van der Waals surface area contributed by atoms with Crippen molar-refractivity contribution in [1.82, 2.24) is 25.0 Å². The lowest BCUT2D eigenvalue weighted by Gasteiger charge is -2.37. The van der Waals surface area contributed by atoms with Crippen molar-refractivity contribution in [2.75, 3.05) is 25.1 Å². The molecule has 2 fully saturated rings. The summed E-state index contributed by atoms with van der Waals surface area (Å²) >= 11 is 0. The van der Waals surface area contributed by atoms with Gasteiger partial charge in [0.1, 0.15) is 5.69 Å². The van der Waals surface area contributed by atoms with Crippen molar-refractivity contribution in [1.29, 1.82) is 0 Å². The van der Waals surface area contributed by atoms with Gasteiger partial charge >= 0.3 is 0 Å². The maximum absolute atomic E-state index is 4.66. The van der Waals surface area contributed by atoms with E-state index in [4.69, 9.17) is 0 Å². The summed E-state index contributed by atoms with van der Waals surface area (Å²) in [5.74, 6) is 0.554. The standard InChI is InChI=1S/C28H30N6/c1-18-11-20(9-10-29-18)28-23-12-21-14-34(17-30-25(21)13-26(23)31-32-28)27-16-33(22-7-8-22)15-24(27)19-5-3-2-4-6-19/h2-6,9-13,22,24,27,30H,7-8,14-17H2,1H3,(H,31,32)/t24-,27+/m0/s1. The Morgan fingerprint density at radius 2 is 1.85 bits per heavy atom. The summed E-state index contributed by atoms with van der Waals surface area (Å²) in [6.45, 7) is 6.21. The van der Waals surface area contributed by atoms with Crippen molar-refractivity contribution in [3.8, 4) is 11.3 Å². The molecule has 4 aromatic rings. The van der Waals surface area contributed by atoms with Gasteiger partial charge in [-0.15, -0.1) is 0 Å². The van der Waals surface area contributed by atoms with E-state index in [1.807, 2.05) is 19.2 Å². The number of likely N-dealkylation sites (tertiary alicyclic amines) is 1.